The maximum absolute atomic E-state index is 13.1. The first-order valence-corrected chi connectivity index (χ1v) is 12.4. The Morgan fingerprint density at radius 1 is 1.03 bits per heavy atom. The van der Waals surface area contributed by atoms with E-state index >= 15 is 0 Å². The Balaban J connectivity index is 1.47. The number of aromatic nitrogens is 1. The number of hydrogen-bond acceptors (Lipinski definition) is 4. The second-order valence-corrected chi connectivity index (χ2v) is 9.37. The second kappa shape index (κ2) is 12.0. The number of carbonyl (C=O) groups is 2. The first-order chi connectivity index (χ1) is 17.8. The molecule has 1 heterocycles. The Morgan fingerprint density at radius 2 is 1.76 bits per heavy atom. The summed E-state index contributed by atoms with van der Waals surface area (Å²) < 4.78 is 5.71. The minimum Gasteiger partial charge on any atom is -0.479 e. The largest absolute Gasteiger partial charge is 0.479 e. The van der Waals surface area contributed by atoms with Crippen LogP contribution in [0.1, 0.15) is 23.7 Å². The fourth-order valence-corrected chi connectivity index (χ4v) is 4.32. The van der Waals surface area contributed by atoms with Crippen LogP contribution in [-0.2, 0) is 16.0 Å². The first kappa shape index (κ1) is 26.3. The number of aryl methyl sites for hydroxylation is 1. The molecule has 4 rings (SSSR count). The van der Waals surface area contributed by atoms with Gasteiger partial charge >= 0.3 is 0 Å². The number of hydrogen-bond donors (Lipinski definition) is 3. The lowest BCUT2D eigenvalue weighted by Crippen LogP contribution is -2.50. The maximum atomic E-state index is 13.1. The van der Waals surface area contributed by atoms with Crippen molar-refractivity contribution in [3.05, 3.63) is 99.7 Å². The zero-order valence-electron chi connectivity index (χ0n) is 20.3. The molecule has 7 nitrogen and oxygen atoms in total. The number of ether oxygens (including phenoxy) is 1. The summed E-state index contributed by atoms with van der Waals surface area (Å²) in [4.78, 5) is 29.4. The molecule has 0 spiro atoms. The molecule has 0 unspecified atom stereocenters. The highest BCUT2D eigenvalue weighted by molar-refractivity contribution is 6.35. The summed E-state index contributed by atoms with van der Waals surface area (Å²) in [6.45, 7) is 3.52. The Morgan fingerprint density at radius 3 is 2.51 bits per heavy atom. The van der Waals surface area contributed by atoms with Crippen LogP contribution >= 0.6 is 23.2 Å². The molecule has 0 aliphatic carbocycles. The lowest BCUT2D eigenvalue weighted by atomic mass is 10.1. The molecule has 0 radical (unpaired) electrons. The number of nitrogens with zero attached hydrogens (tertiary/aromatic N) is 1. The quantitative estimate of drug-likeness (QED) is 0.196. The van der Waals surface area contributed by atoms with E-state index < -0.39 is 24.0 Å². The van der Waals surface area contributed by atoms with Gasteiger partial charge in [0.1, 0.15) is 11.8 Å². The van der Waals surface area contributed by atoms with Gasteiger partial charge in [-0.25, -0.2) is 5.43 Å². The Labute approximate surface area is 224 Å². The van der Waals surface area contributed by atoms with Gasteiger partial charge in [-0.05, 0) is 43.7 Å². The molecule has 1 aromatic heterocycles. The summed E-state index contributed by atoms with van der Waals surface area (Å²) in [7, 11) is 0. The zero-order chi connectivity index (χ0) is 26.4. The number of amides is 2. The normalized spacial score (nSPS) is 12.9. The summed E-state index contributed by atoms with van der Waals surface area (Å²) in [6, 6.07) is 21.1. The first-order valence-electron chi connectivity index (χ1n) is 11.7. The zero-order valence-corrected chi connectivity index (χ0v) is 21.8. The smallest absolute Gasteiger partial charge is 0.262 e. The number of H-pyrrole nitrogens is 1. The van der Waals surface area contributed by atoms with Crippen molar-refractivity contribution in [1.82, 2.24) is 15.7 Å². The standard InChI is InChI=1S/C28H26Cl2N4O3/c1-17-22(21-10-6-7-11-24(21)32-17)16-31-34-28(36)25(14-19-8-4-3-5-9-19)33-27(35)18(2)37-26-13-12-20(29)15-23(26)30/h3-13,15-16,18,25,32H,14H2,1-2H3,(H,33,35)(H,34,36)/b31-16-/t18-,25-/m0/s1. The summed E-state index contributed by atoms with van der Waals surface area (Å²) >= 11 is 12.1. The molecule has 3 aromatic carbocycles. The van der Waals surface area contributed by atoms with E-state index in [1.807, 2.05) is 61.5 Å². The molecular formula is C28H26Cl2N4O3. The van der Waals surface area contributed by atoms with Gasteiger partial charge in [-0.3, -0.25) is 9.59 Å². The predicted molar refractivity (Wildman–Crippen MR) is 147 cm³/mol. The molecule has 0 aliphatic rings. The van der Waals surface area contributed by atoms with Crippen LogP contribution in [0.3, 0.4) is 0 Å². The predicted octanol–water partition coefficient (Wildman–Crippen LogP) is 5.43. The fraction of sp³-hybridized carbons (Fsp3) is 0.179. The molecule has 2 amide bonds. The summed E-state index contributed by atoms with van der Waals surface area (Å²) in [5, 5.41) is 8.69. The molecule has 9 heteroatoms. The van der Waals surface area contributed by atoms with E-state index in [-0.39, 0.29) is 11.4 Å². The van der Waals surface area contributed by atoms with E-state index in [9.17, 15) is 9.59 Å². The number of carbonyl (C=O) groups excluding carboxylic acids is 2. The number of nitrogens with one attached hydrogen (secondary N) is 3. The third-order valence-electron chi connectivity index (χ3n) is 5.79. The van der Waals surface area contributed by atoms with Gasteiger partial charge in [0, 0.05) is 33.6 Å². The van der Waals surface area contributed by atoms with E-state index in [0.717, 1.165) is 27.7 Å². The summed E-state index contributed by atoms with van der Waals surface area (Å²) in [6.07, 6.45) is 0.957. The highest BCUT2D eigenvalue weighted by atomic mass is 35.5. The van der Waals surface area contributed by atoms with Crippen LogP contribution in [0.15, 0.2) is 77.9 Å². The molecule has 0 saturated heterocycles. The number of halogens is 2. The number of fused-ring (bicyclic) bond motifs is 1. The summed E-state index contributed by atoms with van der Waals surface area (Å²) in [5.74, 6) is -0.613. The third-order valence-corrected chi connectivity index (χ3v) is 6.32. The van der Waals surface area contributed by atoms with Crippen molar-refractivity contribution in [3.8, 4) is 5.75 Å². The van der Waals surface area contributed by atoms with Gasteiger partial charge < -0.3 is 15.0 Å². The third kappa shape index (κ3) is 6.70. The minimum absolute atomic E-state index is 0.272. The van der Waals surface area contributed by atoms with Gasteiger partial charge in [0.25, 0.3) is 11.8 Å². The highest BCUT2D eigenvalue weighted by Crippen LogP contribution is 2.28. The highest BCUT2D eigenvalue weighted by Gasteiger charge is 2.25. The SMILES string of the molecule is Cc1[nH]c2ccccc2c1/C=N\NC(=O)[C@H](Cc1ccccc1)NC(=O)[C@H](C)Oc1ccc(Cl)cc1Cl. The number of hydrazone groups is 1. The monoisotopic (exact) mass is 536 g/mol. The molecule has 0 bridgehead atoms. The molecule has 37 heavy (non-hydrogen) atoms. The number of rotatable bonds is 9. The van der Waals surface area contributed by atoms with E-state index in [4.69, 9.17) is 27.9 Å². The molecular weight excluding hydrogens is 511 g/mol. The van der Waals surface area contributed by atoms with E-state index in [2.05, 4.69) is 20.8 Å². The molecule has 4 aromatic rings. The summed E-state index contributed by atoms with van der Waals surface area (Å²) in [5.41, 5.74) is 6.24. The van der Waals surface area contributed by atoms with E-state index in [1.54, 1.807) is 25.3 Å². The van der Waals surface area contributed by atoms with Crippen molar-refractivity contribution in [3.63, 3.8) is 0 Å². The lowest BCUT2D eigenvalue weighted by molar-refractivity contribution is -0.132. The molecule has 190 valence electrons. The van der Waals surface area contributed by atoms with Crippen LogP contribution in [0.25, 0.3) is 10.9 Å². The van der Waals surface area contributed by atoms with Crippen molar-refractivity contribution in [2.75, 3.05) is 0 Å². The minimum atomic E-state index is -0.915. The Hall–Kier alpha value is -3.81. The maximum Gasteiger partial charge on any atom is 0.262 e. The molecule has 3 N–H and O–H groups in total. The van der Waals surface area contributed by atoms with Gasteiger partial charge in [-0.15, -0.1) is 0 Å². The Bertz CT molecular complexity index is 1440. The van der Waals surface area contributed by atoms with Gasteiger partial charge in [-0.1, -0.05) is 71.7 Å². The van der Waals surface area contributed by atoms with Crippen LogP contribution < -0.4 is 15.5 Å². The average Bonchev–Trinajstić information content (AvgIpc) is 3.20. The number of benzene rings is 3. The van der Waals surface area contributed by atoms with Crippen LogP contribution in [0.5, 0.6) is 5.75 Å². The van der Waals surface area contributed by atoms with Crippen LogP contribution in [0.4, 0.5) is 0 Å². The van der Waals surface area contributed by atoms with Crippen LogP contribution in [0, 0.1) is 6.92 Å². The lowest BCUT2D eigenvalue weighted by Gasteiger charge is -2.21. The van der Waals surface area contributed by atoms with Crippen molar-refractivity contribution in [1.29, 1.82) is 0 Å². The van der Waals surface area contributed by atoms with Crippen molar-refractivity contribution in [2.24, 2.45) is 5.10 Å². The fourth-order valence-electron chi connectivity index (χ4n) is 3.87. The number of aromatic amines is 1. The topological polar surface area (TPSA) is 95.6 Å². The molecule has 0 fully saturated rings. The number of para-hydroxylation sites is 1. The van der Waals surface area contributed by atoms with Gasteiger partial charge in [-0.2, -0.15) is 5.10 Å². The molecule has 0 aliphatic heterocycles. The van der Waals surface area contributed by atoms with Gasteiger partial charge in [0.2, 0.25) is 0 Å². The molecule has 2 atom stereocenters. The van der Waals surface area contributed by atoms with Crippen molar-refractivity contribution in [2.45, 2.75) is 32.4 Å². The second-order valence-electron chi connectivity index (χ2n) is 8.53. The van der Waals surface area contributed by atoms with Gasteiger partial charge in [0.05, 0.1) is 11.2 Å². The Kier molecular flexibility index (Phi) is 8.48. The van der Waals surface area contributed by atoms with Crippen molar-refractivity contribution >= 4 is 52.1 Å². The molecule has 0 saturated carbocycles. The van der Waals surface area contributed by atoms with Gasteiger partial charge in [0.15, 0.2) is 6.10 Å². The van der Waals surface area contributed by atoms with E-state index in [0.29, 0.717) is 10.8 Å². The van der Waals surface area contributed by atoms with E-state index in [1.165, 1.54) is 6.07 Å². The van der Waals surface area contributed by atoms with Crippen molar-refractivity contribution < 1.29 is 14.3 Å². The van der Waals surface area contributed by atoms with Crippen LogP contribution in [-0.4, -0.2) is 35.2 Å². The average molecular weight is 537 g/mol. The van der Waals surface area contributed by atoms with Crippen LogP contribution in [0.2, 0.25) is 10.0 Å².